The maximum atomic E-state index is 13.1. The summed E-state index contributed by atoms with van der Waals surface area (Å²) < 4.78 is 26.6. The van der Waals surface area contributed by atoms with Crippen molar-refractivity contribution in [2.45, 2.75) is 66.9 Å². The number of hydrogen-bond donors (Lipinski definition) is 1. The van der Waals surface area contributed by atoms with Crippen LogP contribution in [0.15, 0.2) is 82.5 Å². The molecule has 1 aliphatic rings. The van der Waals surface area contributed by atoms with Gasteiger partial charge in [-0.3, -0.25) is 9.59 Å². The second-order valence-electron chi connectivity index (χ2n) is 10.7. The van der Waals surface area contributed by atoms with E-state index in [1.54, 1.807) is 70.7 Å². The normalized spacial score (nSPS) is 12.0. The molecule has 9 nitrogen and oxygen atoms in total. The van der Waals surface area contributed by atoms with E-state index in [1.165, 1.54) is 6.42 Å². The molecular weight excluding hydrogens is 610 g/mol. The fourth-order valence-corrected chi connectivity index (χ4v) is 4.17. The Morgan fingerprint density at radius 3 is 2.21 bits per heavy atom. The SMILES string of the molecule is C=CC(C)OC.CC.CCC.COc1cccc(-c2cc(C(=O)Nc3cc4ccc(OC(=O)C5CC5)c(C)c4oc3=O)ccc2OC)c1. The highest BCUT2D eigenvalue weighted by Gasteiger charge is 2.32. The van der Waals surface area contributed by atoms with E-state index in [4.69, 9.17) is 23.4 Å². The van der Waals surface area contributed by atoms with Gasteiger partial charge in [0.25, 0.3) is 5.91 Å². The smallest absolute Gasteiger partial charge is 0.360 e. The zero-order chi connectivity index (χ0) is 35.8. The Kier molecular flexibility index (Phi) is 16.1. The first-order valence-electron chi connectivity index (χ1n) is 16.2. The van der Waals surface area contributed by atoms with Crippen molar-refractivity contribution in [2.75, 3.05) is 26.6 Å². The van der Waals surface area contributed by atoms with Gasteiger partial charge in [0.1, 0.15) is 28.5 Å². The van der Waals surface area contributed by atoms with Gasteiger partial charge in [0.2, 0.25) is 0 Å². The van der Waals surface area contributed by atoms with Crippen LogP contribution in [-0.4, -0.2) is 39.3 Å². The highest BCUT2D eigenvalue weighted by Crippen LogP contribution is 2.35. The van der Waals surface area contributed by atoms with Crippen LogP contribution in [0.2, 0.25) is 0 Å². The average Bonchev–Trinajstić information content (AvgIpc) is 3.97. The molecule has 1 N–H and O–H groups in total. The van der Waals surface area contributed by atoms with E-state index in [1.807, 2.05) is 45.0 Å². The lowest BCUT2D eigenvalue weighted by atomic mass is 10.0. The zero-order valence-electron chi connectivity index (χ0n) is 29.6. The van der Waals surface area contributed by atoms with E-state index in [0.717, 1.165) is 18.4 Å². The van der Waals surface area contributed by atoms with Crippen molar-refractivity contribution in [1.29, 1.82) is 0 Å². The Hall–Kier alpha value is -4.89. The summed E-state index contributed by atoms with van der Waals surface area (Å²) in [4.78, 5) is 37.9. The third-order valence-corrected chi connectivity index (χ3v) is 7.02. The molecule has 258 valence electrons. The Labute approximate surface area is 283 Å². The Morgan fingerprint density at radius 2 is 1.65 bits per heavy atom. The minimum absolute atomic E-state index is 0.00151. The van der Waals surface area contributed by atoms with E-state index < -0.39 is 11.5 Å². The number of anilines is 1. The number of ether oxygens (including phenoxy) is 4. The molecule has 0 spiro atoms. The van der Waals surface area contributed by atoms with Crippen LogP contribution < -0.4 is 25.2 Å². The minimum atomic E-state index is -0.712. The number of aryl methyl sites for hydroxylation is 1. The molecule has 0 bridgehead atoms. The maximum Gasteiger partial charge on any atom is 0.360 e. The van der Waals surface area contributed by atoms with Gasteiger partial charge < -0.3 is 28.7 Å². The number of nitrogens with one attached hydrogen (secondary N) is 1. The van der Waals surface area contributed by atoms with Crippen LogP contribution in [0.4, 0.5) is 5.69 Å². The summed E-state index contributed by atoms with van der Waals surface area (Å²) in [6, 6.07) is 17.3. The molecule has 0 saturated heterocycles. The number of benzene rings is 3. The quantitative estimate of drug-likeness (QED) is 0.0820. The fourth-order valence-electron chi connectivity index (χ4n) is 4.17. The number of amides is 1. The average molecular weight is 660 g/mol. The molecule has 9 heteroatoms. The van der Waals surface area contributed by atoms with Gasteiger partial charge in [-0.05, 0) is 80.8 Å². The number of hydrogen-bond acceptors (Lipinski definition) is 8. The molecular formula is C39H49NO8. The highest BCUT2D eigenvalue weighted by molar-refractivity contribution is 6.06. The third-order valence-electron chi connectivity index (χ3n) is 7.02. The second kappa shape index (κ2) is 19.7. The molecule has 1 heterocycles. The number of carbonyl (C=O) groups is 2. The van der Waals surface area contributed by atoms with E-state index in [2.05, 4.69) is 25.7 Å². The highest BCUT2D eigenvalue weighted by atomic mass is 16.5. The second-order valence-corrected chi connectivity index (χ2v) is 10.7. The predicted molar refractivity (Wildman–Crippen MR) is 192 cm³/mol. The summed E-state index contributed by atoms with van der Waals surface area (Å²) >= 11 is 0. The lowest BCUT2D eigenvalue weighted by Crippen LogP contribution is -2.18. The van der Waals surface area contributed by atoms with Crippen molar-refractivity contribution in [3.63, 3.8) is 0 Å². The number of rotatable bonds is 9. The van der Waals surface area contributed by atoms with Gasteiger partial charge in [-0.2, -0.15) is 0 Å². The van der Waals surface area contributed by atoms with Crippen molar-refractivity contribution in [3.8, 4) is 28.4 Å². The Morgan fingerprint density at radius 1 is 0.979 bits per heavy atom. The standard InChI is InChI=1S/C29H25NO7.C5H10O.C3H8.C2H6/c1-16-24(36-28(32)17-7-8-17)11-9-19-15-23(29(33)37-26(16)19)30-27(31)20-10-12-25(35-3)22(14-20)18-5-4-6-21(13-18)34-2;1-4-5(2)6-3;1-3-2;1-2/h4-6,9-15,17H,7-8H2,1-3H3,(H,30,31);4-5H,1H2,2-3H3;3H2,1-2H3;1-2H3. The molecule has 1 unspecified atom stereocenters. The molecule has 1 fully saturated rings. The summed E-state index contributed by atoms with van der Waals surface area (Å²) in [7, 11) is 4.80. The summed E-state index contributed by atoms with van der Waals surface area (Å²) in [6.45, 7) is 15.4. The summed E-state index contributed by atoms with van der Waals surface area (Å²) in [5.74, 6) is 0.800. The van der Waals surface area contributed by atoms with Gasteiger partial charge in [-0.1, -0.05) is 52.3 Å². The van der Waals surface area contributed by atoms with Crippen LogP contribution in [-0.2, 0) is 9.53 Å². The van der Waals surface area contributed by atoms with Gasteiger partial charge in [0.15, 0.2) is 0 Å². The van der Waals surface area contributed by atoms with E-state index in [-0.39, 0.29) is 23.7 Å². The van der Waals surface area contributed by atoms with Crippen molar-refractivity contribution in [2.24, 2.45) is 5.92 Å². The van der Waals surface area contributed by atoms with Crippen molar-refractivity contribution in [3.05, 3.63) is 94.9 Å². The summed E-state index contributed by atoms with van der Waals surface area (Å²) in [6.07, 6.45) is 4.86. The molecule has 4 aromatic rings. The van der Waals surface area contributed by atoms with Gasteiger partial charge in [0, 0.05) is 29.2 Å². The van der Waals surface area contributed by atoms with E-state index in [0.29, 0.717) is 44.9 Å². The lowest BCUT2D eigenvalue weighted by molar-refractivity contribution is -0.135. The Bertz CT molecular complexity index is 1720. The number of esters is 1. The van der Waals surface area contributed by atoms with Crippen molar-refractivity contribution < 1.29 is 33.0 Å². The molecule has 48 heavy (non-hydrogen) atoms. The first kappa shape index (κ1) is 39.3. The molecule has 1 saturated carbocycles. The lowest BCUT2D eigenvalue weighted by Gasteiger charge is -2.13. The maximum absolute atomic E-state index is 13.1. The number of fused-ring (bicyclic) bond motifs is 1. The molecule has 5 rings (SSSR count). The summed E-state index contributed by atoms with van der Waals surface area (Å²) in [5.41, 5.74) is 1.97. The largest absolute Gasteiger partial charge is 0.497 e. The first-order chi connectivity index (χ1) is 23.1. The minimum Gasteiger partial charge on any atom is -0.497 e. The third kappa shape index (κ3) is 10.8. The van der Waals surface area contributed by atoms with Crippen molar-refractivity contribution in [1.82, 2.24) is 0 Å². The molecule has 3 aromatic carbocycles. The van der Waals surface area contributed by atoms with E-state index >= 15 is 0 Å². The number of carbonyl (C=O) groups excluding carboxylic acids is 2. The number of methoxy groups -OCH3 is 3. The first-order valence-corrected chi connectivity index (χ1v) is 16.2. The fraction of sp³-hybridized carbons (Fsp3) is 0.359. The van der Waals surface area contributed by atoms with Gasteiger partial charge in [-0.25, -0.2) is 4.79 Å². The van der Waals surface area contributed by atoms with Crippen LogP contribution in [0.3, 0.4) is 0 Å². The van der Waals surface area contributed by atoms with Crippen molar-refractivity contribution >= 4 is 28.5 Å². The van der Waals surface area contributed by atoms with Crippen LogP contribution in [0.25, 0.3) is 22.1 Å². The van der Waals surface area contributed by atoms with Gasteiger partial charge in [0.05, 0.1) is 26.2 Å². The Balaban J connectivity index is 0.000000639. The molecule has 1 aliphatic carbocycles. The summed E-state index contributed by atoms with van der Waals surface area (Å²) in [5, 5.41) is 3.24. The van der Waals surface area contributed by atoms with Crippen LogP contribution >= 0.6 is 0 Å². The van der Waals surface area contributed by atoms with E-state index in [9.17, 15) is 14.4 Å². The van der Waals surface area contributed by atoms with Crippen LogP contribution in [0, 0.1) is 12.8 Å². The monoisotopic (exact) mass is 659 g/mol. The van der Waals surface area contributed by atoms with Gasteiger partial charge in [-0.15, -0.1) is 6.58 Å². The van der Waals surface area contributed by atoms with Crippen LogP contribution in [0.1, 0.15) is 69.8 Å². The molecule has 1 atom stereocenters. The molecule has 0 aliphatic heterocycles. The molecule has 0 radical (unpaired) electrons. The zero-order valence-corrected chi connectivity index (χ0v) is 29.6. The molecule has 1 aromatic heterocycles. The topological polar surface area (TPSA) is 113 Å². The molecule has 1 amide bonds. The van der Waals surface area contributed by atoms with Crippen LogP contribution in [0.5, 0.6) is 17.2 Å². The predicted octanol–water partition coefficient (Wildman–Crippen LogP) is 9.00. The van der Waals surface area contributed by atoms with Gasteiger partial charge >= 0.3 is 11.6 Å².